The molecule has 0 aromatic carbocycles. The first-order valence-corrected chi connectivity index (χ1v) is 9.31. The Morgan fingerprint density at radius 2 is 2.00 bits per heavy atom. The normalized spacial score (nSPS) is 18.3. The van der Waals surface area contributed by atoms with Gasteiger partial charge in [0.05, 0.1) is 34.9 Å². The van der Waals surface area contributed by atoms with Crippen LogP contribution in [0, 0.1) is 6.92 Å². The highest BCUT2D eigenvalue weighted by molar-refractivity contribution is 6.07. The number of carbonyl (C=O) groups excluding carboxylic acids is 1. The van der Waals surface area contributed by atoms with Crippen molar-refractivity contribution < 1.29 is 4.79 Å². The minimum Gasteiger partial charge on any atom is -0.323 e. The molecule has 4 heterocycles. The first-order valence-electron chi connectivity index (χ1n) is 9.31. The standard InChI is InChI=1S/C19H21N7O/c1-12-8-15-21-11-22-26(15)10-13(12)23-18-20-9-14-16(24-18)19(17(27)25(14)2)6-4-3-5-7-19/h8-11H,3-7H2,1-2H3,(H,20,23,24). The summed E-state index contributed by atoms with van der Waals surface area (Å²) in [6.07, 6.45) is 10.2. The summed E-state index contributed by atoms with van der Waals surface area (Å²) in [4.78, 5) is 28.2. The van der Waals surface area contributed by atoms with Crippen molar-refractivity contribution in [2.24, 2.45) is 0 Å². The number of hydrogen-bond donors (Lipinski definition) is 1. The molecule has 3 aromatic rings. The third-order valence-corrected chi connectivity index (χ3v) is 5.87. The number of hydrogen-bond acceptors (Lipinski definition) is 6. The number of carbonyl (C=O) groups is 1. The van der Waals surface area contributed by atoms with E-state index >= 15 is 0 Å². The molecule has 3 aromatic heterocycles. The minimum absolute atomic E-state index is 0.156. The highest BCUT2D eigenvalue weighted by Crippen LogP contribution is 2.48. The van der Waals surface area contributed by atoms with Crippen molar-refractivity contribution in [2.45, 2.75) is 44.4 Å². The van der Waals surface area contributed by atoms with Crippen molar-refractivity contribution >= 4 is 28.9 Å². The fourth-order valence-corrected chi connectivity index (χ4v) is 4.38. The molecule has 5 rings (SSSR count). The van der Waals surface area contributed by atoms with E-state index in [-0.39, 0.29) is 5.91 Å². The van der Waals surface area contributed by atoms with Gasteiger partial charge in [-0.25, -0.2) is 19.5 Å². The van der Waals surface area contributed by atoms with Gasteiger partial charge in [-0.2, -0.15) is 5.10 Å². The molecule has 1 aliphatic carbocycles. The summed E-state index contributed by atoms with van der Waals surface area (Å²) < 4.78 is 1.71. The van der Waals surface area contributed by atoms with Gasteiger partial charge in [-0.3, -0.25) is 4.79 Å². The van der Waals surface area contributed by atoms with Gasteiger partial charge < -0.3 is 10.2 Å². The fraction of sp³-hybridized carbons (Fsp3) is 0.421. The Kier molecular flexibility index (Phi) is 3.43. The van der Waals surface area contributed by atoms with E-state index in [1.807, 2.05) is 26.2 Å². The second-order valence-corrected chi connectivity index (χ2v) is 7.49. The topological polar surface area (TPSA) is 88.3 Å². The first-order chi connectivity index (χ1) is 13.1. The number of nitrogens with zero attached hydrogens (tertiary/aromatic N) is 6. The maximum Gasteiger partial charge on any atom is 0.239 e. The van der Waals surface area contributed by atoms with Crippen LogP contribution in [0.4, 0.5) is 17.3 Å². The van der Waals surface area contributed by atoms with Crippen molar-refractivity contribution in [3.63, 3.8) is 0 Å². The average molecular weight is 363 g/mol. The molecule has 1 N–H and O–H groups in total. The average Bonchev–Trinajstić information content (AvgIpc) is 3.21. The summed E-state index contributed by atoms with van der Waals surface area (Å²) in [5, 5.41) is 7.48. The van der Waals surface area contributed by atoms with E-state index < -0.39 is 5.41 Å². The van der Waals surface area contributed by atoms with Gasteiger partial charge in [0.1, 0.15) is 6.33 Å². The van der Waals surface area contributed by atoms with E-state index in [9.17, 15) is 4.79 Å². The summed E-state index contributed by atoms with van der Waals surface area (Å²) in [6.45, 7) is 2.00. The Morgan fingerprint density at radius 3 is 2.81 bits per heavy atom. The minimum atomic E-state index is -0.480. The number of anilines is 3. The number of rotatable bonds is 2. The van der Waals surface area contributed by atoms with Crippen molar-refractivity contribution in [2.75, 3.05) is 17.3 Å². The Hall–Kier alpha value is -3.03. The molecule has 0 saturated heterocycles. The maximum atomic E-state index is 13.0. The van der Waals surface area contributed by atoms with Crippen LogP contribution in [0.1, 0.15) is 43.4 Å². The van der Waals surface area contributed by atoms with Crippen LogP contribution >= 0.6 is 0 Å². The summed E-state index contributed by atoms with van der Waals surface area (Å²) in [5.74, 6) is 0.660. The van der Waals surface area contributed by atoms with E-state index in [1.165, 1.54) is 12.7 Å². The first kappa shape index (κ1) is 16.2. The fourth-order valence-electron chi connectivity index (χ4n) is 4.38. The lowest BCUT2D eigenvalue weighted by molar-refractivity contribution is -0.124. The molecule has 1 amide bonds. The van der Waals surface area contributed by atoms with Crippen LogP contribution in [0.25, 0.3) is 5.65 Å². The highest BCUT2D eigenvalue weighted by Gasteiger charge is 2.51. The summed E-state index contributed by atoms with van der Waals surface area (Å²) >= 11 is 0. The van der Waals surface area contributed by atoms with Crippen LogP contribution in [-0.2, 0) is 10.2 Å². The van der Waals surface area contributed by atoms with Gasteiger partial charge in [0.25, 0.3) is 0 Å². The van der Waals surface area contributed by atoms with Gasteiger partial charge in [0.2, 0.25) is 11.9 Å². The molecule has 1 aliphatic heterocycles. The van der Waals surface area contributed by atoms with Crippen molar-refractivity contribution in [1.82, 2.24) is 24.6 Å². The molecule has 1 fully saturated rings. The molecule has 0 radical (unpaired) electrons. The lowest BCUT2D eigenvalue weighted by Crippen LogP contribution is -2.40. The highest BCUT2D eigenvalue weighted by atomic mass is 16.2. The Bertz CT molecular complexity index is 1050. The number of pyridine rings is 1. The molecule has 0 atom stereocenters. The Labute approximate surface area is 156 Å². The number of fused-ring (bicyclic) bond motifs is 3. The molecule has 2 aliphatic rings. The monoisotopic (exact) mass is 363 g/mol. The van der Waals surface area contributed by atoms with Gasteiger partial charge in [-0.15, -0.1) is 0 Å². The summed E-state index contributed by atoms with van der Waals surface area (Å²) in [5.41, 5.74) is 3.90. The van der Waals surface area contributed by atoms with E-state index in [4.69, 9.17) is 4.98 Å². The van der Waals surface area contributed by atoms with Crippen LogP contribution in [0.15, 0.2) is 24.8 Å². The molecular weight excluding hydrogens is 342 g/mol. The number of nitrogens with one attached hydrogen (secondary N) is 1. The van der Waals surface area contributed by atoms with E-state index in [2.05, 4.69) is 20.4 Å². The second kappa shape index (κ2) is 5.73. The zero-order chi connectivity index (χ0) is 18.6. The SMILES string of the molecule is Cc1cc2ncnn2cc1Nc1ncc2c(n1)C1(CCCCC1)C(=O)N2C. The molecular formula is C19H21N7O. The van der Waals surface area contributed by atoms with E-state index in [0.29, 0.717) is 5.95 Å². The van der Waals surface area contributed by atoms with Crippen molar-refractivity contribution in [3.05, 3.63) is 36.0 Å². The molecule has 1 spiro atoms. The van der Waals surface area contributed by atoms with Crippen LogP contribution in [-0.4, -0.2) is 37.5 Å². The van der Waals surface area contributed by atoms with Crippen LogP contribution in [0.5, 0.6) is 0 Å². The quantitative estimate of drug-likeness (QED) is 0.753. The number of aryl methyl sites for hydroxylation is 1. The van der Waals surface area contributed by atoms with Crippen molar-refractivity contribution in [3.8, 4) is 0 Å². The summed E-state index contributed by atoms with van der Waals surface area (Å²) in [6, 6.07) is 1.96. The molecule has 138 valence electrons. The predicted octanol–water partition coefficient (Wildman–Crippen LogP) is 2.75. The van der Waals surface area contributed by atoms with Crippen LogP contribution in [0.3, 0.4) is 0 Å². The molecule has 8 nitrogen and oxygen atoms in total. The number of likely N-dealkylation sites (N-methyl/N-ethyl adjacent to an activating group) is 1. The Morgan fingerprint density at radius 1 is 1.19 bits per heavy atom. The van der Waals surface area contributed by atoms with Gasteiger partial charge >= 0.3 is 0 Å². The van der Waals surface area contributed by atoms with Gasteiger partial charge in [0.15, 0.2) is 5.65 Å². The molecule has 1 saturated carbocycles. The zero-order valence-electron chi connectivity index (χ0n) is 15.4. The van der Waals surface area contributed by atoms with Crippen LogP contribution in [0.2, 0.25) is 0 Å². The van der Waals surface area contributed by atoms with Crippen molar-refractivity contribution in [1.29, 1.82) is 0 Å². The van der Waals surface area contributed by atoms with Gasteiger partial charge in [-0.05, 0) is 31.4 Å². The van der Waals surface area contributed by atoms with Crippen LogP contribution < -0.4 is 10.2 Å². The number of aromatic nitrogens is 5. The lowest BCUT2D eigenvalue weighted by Gasteiger charge is -2.31. The smallest absolute Gasteiger partial charge is 0.239 e. The summed E-state index contributed by atoms with van der Waals surface area (Å²) in [7, 11) is 1.82. The lowest BCUT2D eigenvalue weighted by atomic mass is 9.72. The molecule has 8 heteroatoms. The maximum absolute atomic E-state index is 13.0. The number of amides is 1. The van der Waals surface area contributed by atoms with E-state index in [1.54, 1.807) is 15.6 Å². The Balaban J connectivity index is 1.55. The molecule has 0 unspecified atom stereocenters. The van der Waals surface area contributed by atoms with E-state index in [0.717, 1.165) is 54.0 Å². The predicted molar refractivity (Wildman–Crippen MR) is 101 cm³/mol. The third kappa shape index (κ3) is 2.32. The third-order valence-electron chi connectivity index (χ3n) is 5.87. The zero-order valence-corrected chi connectivity index (χ0v) is 15.4. The van der Waals surface area contributed by atoms with Gasteiger partial charge in [-0.1, -0.05) is 19.3 Å². The second-order valence-electron chi connectivity index (χ2n) is 7.49. The largest absolute Gasteiger partial charge is 0.323 e. The van der Waals surface area contributed by atoms with Gasteiger partial charge in [0, 0.05) is 7.05 Å². The molecule has 27 heavy (non-hydrogen) atoms. The molecule has 0 bridgehead atoms.